The maximum absolute atomic E-state index is 11.3. The van der Waals surface area contributed by atoms with Gasteiger partial charge in [0.05, 0.1) is 6.10 Å². The third kappa shape index (κ3) is 11.4. The lowest BCUT2D eigenvalue weighted by Crippen LogP contribution is -2.26. The van der Waals surface area contributed by atoms with Crippen molar-refractivity contribution in [2.45, 2.75) is 64.9 Å². The molecule has 0 heterocycles. The fourth-order valence-corrected chi connectivity index (χ4v) is 1.40. The number of unbranched alkanes of at least 4 members (excludes halogenated alkanes) is 4. The lowest BCUT2D eigenvalue weighted by Gasteiger charge is -2.06. The lowest BCUT2D eigenvalue weighted by molar-refractivity contribution is -0.121. The van der Waals surface area contributed by atoms with E-state index in [4.69, 9.17) is 5.11 Å². The number of nitrogens with one attached hydrogen (secondary N) is 1. The van der Waals surface area contributed by atoms with Gasteiger partial charge in [-0.15, -0.1) is 0 Å². The van der Waals surface area contributed by atoms with E-state index >= 15 is 0 Å². The molecule has 0 aromatic rings. The molecule has 90 valence electrons. The first-order valence-corrected chi connectivity index (χ1v) is 6.11. The van der Waals surface area contributed by atoms with E-state index in [1.165, 1.54) is 19.3 Å². The van der Waals surface area contributed by atoms with Crippen LogP contribution >= 0.6 is 0 Å². The molecule has 0 spiro atoms. The van der Waals surface area contributed by atoms with Crippen molar-refractivity contribution >= 4 is 5.91 Å². The van der Waals surface area contributed by atoms with Crippen LogP contribution < -0.4 is 5.32 Å². The summed E-state index contributed by atoms with van der Waals surface area (Å²) >= 11 is 0. The van der Waals surface area contributed by atoms with Crippen LogP contribution in [0.3, 0.4) is 0 Å². The van der Waals surface area contributed by atoms with Crippen LogP contribution in [0.1, 0.15) is 58.8 Å². The Kier molecular flexibility index (Phi) is 9.59. The first kappa shape index (κ1) is 14.4. The molecule has 0 fully saturated rings. The van der Waals surface area contributed by atoms with Gasteiger partial charge in [-0.25, -0.2) is 0 Å². The van der Waals surface area contributed by atoms with E-state index in [2.05, 4.69) is 12.2 Å². The topological polar surface area (TPSA) is 49.3 Å². The summed E-state index contributed by atoms with van der Waals surface area (Å²) in [5.74, 6) is 0.118. The molecular formula is C12H25NO2. The summed E-state index contributed by atoms with van der Waals surface area (Å²) in [5, 5.41) is 11.8. The summed E-state index contributed by atoms with van der Waals surface area (Å²) in [6.07, 6.45) is 6.82. The molecule has 0 radical (unpaired) electrons. The third-order valence-electron chi connectivity index (χ3n) is 2.39. The number of rotatable bonds is 9. The summed E-state index contributed by atoms with van der Waals surface area (Å²) in [6, 6.07) is 0. The van der Waals surface area contributed by atoms with Crippen molar-refractivity contribution in [1.29, 1.82) is 0 Å². The molecule has 0 aliphatic rings. The maximum Gasteiger partial charge on any atom is 0.219 e. The average Bonchev–Trinajstić information content (AvgIpc) is 2.17. The molecule has 1 amide bonds. The standard InChI is InChI=1S/C12H25NO2/c1-3-4-5-6-7-8-12(15)13-10-9-11(2)14/h11,14H,3-10H2,1-2H3,(H,13,15). The Balaban J connectivity index is 3.19. The quantitative estimate of drug-likeness (QED) is 0.579. The number of hydrogen-bond donors (Lipinski definition) is 2. The van der Waals surface area contributed by atoms with Gasteiger partial charge in [0.15, 0.2) is 0 Å². The Morgan fingerprint density at radius 2 is 1.93 bits per heavy atom. The van der Waals surface area contributed by atoms with Crippen molar-refractivity contribution in [3.63, 3.8) is 0 Å². The number of aliphatic hydroxyl groups excluding tert-OH is 1. The van der Waals surface area contributed by atoms with Crippen molar-refractivity contribution in [3.8, 4) is 0 Å². The van der Waals surface area contributed by atoms with E-state index < -0.39 is 0 Å². The van der Waals surface area contributed by atoms with Gasteiger partial charge < -0.3 is 10.4 Å². The molecule has 1 unspecified atom stereocenters. The zero-order valence-electron chi connectivity index (χ0n) is 10.1. The van der Waals surface area contributed by atoms with Crippen molar-refractivity contribution in [3.05, 3.63) is 0 Å². The summed E-state index contributed by atoms with van der Waals surface area (Å²) < 4.78 is 0. The van der Waals surface area contributed by atoms with Gasteiger partial charge in [0.25, 0.3) is 0 Å². The maximum atomic E-state index is 11.3. The van der Waals surface area contributed by atoms with Crippen molar-refractivity contribution < 1.29 is 9.90 Å². The van der Waals surface area contributed by atoms with Crippen LogP contribution in [-0.2, 0) is 4.79 Å². The minimum absolute atomic E-state index is 0.118. The lowest BCUT2D eigenvalue weighted by atomic mass is 10.1. The van der Waals surface area contributed by atoms with Gasteiger partial charge in [-0.1, -0.05) is 32.6 Å². The van der Waals surface area contributed by atoms with Crippen LogP contribution in [0.5, 0.6) is 0 Å². The average molecular weight is 215 g/mol. The van der Waals surface area contributed by atoms with Crippen LogP contribution in [0, 0.1) is 0 Å². The number of carbonyl (C=O) groups excluding carboxylic acids is 1. The predicted octanol–water partition coefficient (Wildman–Crippen LogP) is 2.23. The molecule has 0 aromatic heterocycles. The Morgan fingerprint density at radius 3 is 2.53 bits per heavy atom. The highest BCUT2D eigenvalue weighted by molar-refractivity contribution is 5.75. The number of carbonyl (C=O) groups is 1. The fraction of sp³-hybridized carbons (Fsp3) is 0.917. The Hall–Kier alpha value is -0.570. The second kappa shape index (κ2) is 9.97. The zero-order chi connectivity index (χ0) is 11.5. The molecule has 15 heavy (non-hydrogen) atoms. The van der Waals surface area contributed by atoms with Crippen molar-refractivity contribution in [2.24, 2.45) is 0 Å². The Labute approximate surface area is 93.3 Å². The molecule has 1 atom stereocenters. The molecule has 0 aromatic carbocycles. The normalized spacial score (nSPS) is 12.5. The van der Waals surface area contributed by atoms with Crippen LogP contribution in [0.15, 0.2) is 0 Å². The molecule has 0 saturated carbocycles. The van der Waals surface area contributed by atoms with Gasteiger partial charge in [0, 0.05) is 13.0 Å². The first-order valence-electron chi connectivity index (χ1n) is 6.11. The summed E-state index contributed by atoms with van der Waals surface area (Å²) in [6.45, 7) is 4.51. The number of amides is 1. The van der Waals surface area contributed by atoms with Crippen molar-refractivity contribution in [1.82, 2.24) is 5.32 Å². The van der Waals surface area contributed by atoms with Crippen LogP contribution in [-0.4, -0.2) is 23.7 Å². The summed E-state index contributed by atoms with van der Waals surface area (Å²) in [5.41, 5.74) is 0. The third-order valence-corrected chi connectivity index (χ3v) is 2.39. The second-order valence-corrected chi connectivity index (χ2v) is 4.15. The summed E-state index contributed by atoms with van der Waals surface area (Å²) in [4.78, 5) is 11.3. The molecular weight excluding hydrogens is 190 g/mol. The number of aliphatic hydroxyl groups is 1. The zero-order valence-corrected chi connectivity index (χ0v) is 10.1. The van der Waals surface area contributed by atoms with Crippen molar-refractivity contribution in [2.75, 3.05) is 6.54 Å². The van der Waals surface area contributed by atoms with E-state index in [-0.39, 0.29) is 12.0 Å². The molecule has 0 saturated heterocycles. The minimum Gasteiger partial charge on any atom is -0.393 e. The smallest absolute Gasteiger partial charge is 0.219 e. The molecule has 0 aliphatic heterocycles. The largest absolute Gasteiger partial charge is 0.393 e. The van der Waals surface area contributed by atoms with Gasteiger partial charge >= 0.3 is 0 Å². The molecule has 3 heteroatoms. The Morgan fingerprint density at radius 1 is 1.27 bits per heavy atom. The number of hydrogen-bond acceptors (Lipinski definition) is 2. The van der Waals surface area contributed by atoms with E-state index in [9.17, 15) is 4.79 Å². The fourth-order valence-electron chi connectivity index (χ4n) is 1.40. The van der Waals surface area contributed by atoms with E-state index in [1.807, 2.05) is 0 Å². The van der Waals surface area contributed by atoms with Gasteiger partial charge in [-0.3, -0.25) is 4.79 Å². The highest BCUT2D eigenvalue weighted by atomic mass is 16.3. The molecule has 3 nitrogen and oxygen atoms in total. The van der Waals surface area contributed by atoms with Crippen LogP contribution in [0.4, 0.5) is 0 Å². The van der Waals surface area contributed by atoms with Crippen LogP contribution in [0.25, 0.3) is 0 Å². The minimum atomic E-state index is -0.324. The first-order chi connectivity index (χ1) is 7.16. The molecule has 2 N–H and O–H groups in total. The van der Waals surface area contributed by atoms with Gasteiger partial charge in [-0.05, 0) is 19.8 Å². The SMILES string of the molecule is CCCCCCCC(=O)NCCC(C)O. The molecule has 0 rings (SSSR count). The van der Waals surface area contributed by atoms with Crippen LogP contribution in [0.2, 0.25) is 0 Å². The van der Waals surface area contributed by atoms with E-state index in [0.29, 0.717) is 19.4 Å². The van der Waals surface area contributed by atoms with Gasteiger partial charge in [-0.2, -0.15) is 0 Å². The van der Waals surface area contributed by atoms with E-state index in [0.717, 1.165) is 12.8 Å². The molecule has 0 aliphatic carbocycles. The highest BCUT2D eigenvalue weighted by Crippen LogP contribution is 2.04. The van der Waals surface area contributed by atoms with Gasteiger partial charge in [0.2, 0.25) is 5.91 Å². The Bertz CT molecular complexity index is 158. The summed E-state index contributed by atoms with van der Waals surface area (Å²) in [7, 11) is 0. The monoisotopic (exact) mass is 215 g/mol. The highest BCUT2D eigenvalue weighted by Gasteiger charge is 2.01. The molecule has 0 bridgehead atoms. The van der Waals surface area contributed by atoms with E-state index in [1.54, 1.807) is 6.92 Å². The van der Waals surface area contributed by atoms with Gasteiger partial charge in [0.1, 0.15) is 0 Å². The predicted molar refractivity (Wildman–Crippen MR) is 62.7 cm³/mol. The second-order valence-electron chi connectivity index (χ2n) is 4.15.